The van der Waals surface area contributed by atoms with Gasteiger partial charge in [-0.2, -0.15) is 0 Å². The van der Waals surface area contributed by atoms with Crippen LogP contribution >= 0.6 is 0 Å². The molecule has 0 spiro atoms. The van der Waals surface area contributed by atoms with Crippen LogP contribution in [0.15, 0.2) is 28.7 Å². The van der Waals surface area contributed by atoms with Crippen LogP contribution < -0.4 is 0 Å². The first-order valence-corrected chi connectivity index (χ1v) is 7.76. The van der Waals surface area contributed by atoms with Crippen molar-refractivity contribution in [1.82, 2.24) is 15.1 Å². The van der Waals surface area contributed by atoms with Gasteiger partial charge in [0.15, 0.2) is 0 Å². The fourth-order valence-electron chi connectivity index (χ4n) is 2.50. The summed E-state index contributed by atoms with van der Waals surface area (Å²) in [7, 11) is 0. The number of ether oxygens (including phenoxy) is 1. The molecular formula is C17H23N3O2. The van der Waals surface area contributed by atoms with Crippen LogP contribution in [0.5, 0.6) is 0 Å². The smallest absolute Gasteiger partial charge is 0.247 e. The average molecular weight is 301 g/mol. The van der Waals surface area contributed by atoms with Crippen molar-refractivity contribution in [1.29, 1.82) is 0 Å². The van der Waals surface area contributed by atoms with Crippen molar-refractivity contribution in [2.45, 2.75) is 32.7 Å². The van der Waals surface area contributed by atoms with Gasteiger partial charge in [0.25, 0.3) is 0 Å². The Kier molecular flexibility index (Phi) is 4.27. The van der Waals surface area contributed by atoms with Crippen LogP contribution in [0.25, 0.3) is 11.5 Å². The van der Waals surface area contributed by atoms with E-state index in [1.165, 1.54) is 5.56 Å². The summed E-state index contributed by atoms with van der Waals surface area (Å²) in [5.74, 6) is 1.25. The molecule has 1 aliphatic rings. The fourth-order valence-corrected chi connectivity index (χ4v) is 2.50. The predicted molar refractivity (Wildman–Crippen MR) is 84.5 cm³/mol. The summed E-state index contributed by atoms with van der Waals surface area (Å²) in [5, 5.41) is 8.33. The van der Waals surface area contributed by atoms with E-state index in [2.05, 4.69) is 48.0 Å². The van der Waals surface area contributed by atoms with Crippen molar-refractivity contribution in [3.63, 3.8) is 0 Å². The molecule has 2 heterocycles. The van der Waals surface area contributed by atoms with Crippen LogP contribution in [-0.2, 0) is 16.7 Å². The van der Waals surface area contributed by atoms with Gasteiger partial charge in [0.05, 0.1) is 19.8 Å². The molecule has 0 saturated carbocycles. The molecule has 1 aromatic carbocycles. The maximum atomic E-state index is 5.79. The fraction of sp³-hybridized carbons (Fsp3) is 0.529. The predicted octanol–water partition coefficient (Wildman–Crippen LogP) is 2.87. The Labute approximate surface area is 131 Å². The minimum atomic E-state index is 0.148. The minimum absolute atomic E-state index is 0.148. The molecule has 0 N–H and O–H groups in total. The van der Waals surface area contributed by atoms with Crippen LogP contribution in [0, 0.1) is 0 Å². The first-order chi connectivity index (χ1) is 10.5. The van der Waals surface area contributed by atoms with Crippen molar-refractivity contribution in [2.75, 3.05) is 26.3 Å². The topological polar surface area (TPSA) is 51.4 Å². The van der Waals surface area contributed by atoms with Crippen LogP contribution in [-0.4, -0.2) is 41.4 Å². The van der Waals surface area contributed by atoms with Crippen molar-refractivity contribution in [3.05, 3.63) is 35.7 Å². The summed E-state index contributed by atoms with van der Waals surface area (Å²) in [5.41, 5.74) is 2.41. The second-order valence-electron chi connectivity index (χ2n) is 6.72. The average Bonchev–Trinajstić information content (AvgIpc) is 2.96. The zero-order chi connectivity index (χ0) is 15.6. The highest BCUT2D eigenvalue weighted by molar-refractivity contribution is 5.53. The second-order valence-corrected chi connectivity index (χ2v) is 6.72. The number of hydrogen-bond acceptors (Lipinski definition) is 5. The number of aromatic nitrogens is 2. The molecule has 0 amide bonds. The Bertz CT molecular complexity index is 608. The summed E-state index contributed by atoms with van der Waals surface area (Å²) < 4.78 is 11.1. The van der Waals surface area contributed by atoms with E-state index in [1.54, 1.807) is 0 Å². The molecule has 0 unspecified atom stereocenters. The quantitative estimate of drug-likeness (QED) is 0.872. The summed E-state index contributed by atoms with van der Waals surface area (Å²) in [4.78, 5) is 2.27. The van der Waals surface area contributed by atoms with Crippen molar-refractivity contribution < 1.29 is 9.15 Å². The Morgan fingerprint density at radius 3 is 2.36 bits per heavy atom. The molecule has 118 valence electrons. The van der Waals surface area contributed by atoms with E-state index in [1.807, 2.05) is 12.1 Å². The van der Waals surface area contributed by atoms with Gasteiger partial charge in [-0.25, -0.2) is 0 Å². The molecule has 1 fully saturated rings. The molecule has 5 nitrogen and oxygen atoms in total. The van der Waals surface area contributed by atoms with Gasteiger partial charge in [-0.15, -0.1) is 10.2 Å². The lowest BCUT2D eigenvalue weighted by molar-refractivity contribution is 0.0306. The van der Waals surface area contributed by atoms with Gasteiger partial charge in [0.1, 0.15) is 0 Å². The lowest BCUT2D eigenvalue weighted by Crippen LogP contribution is -2.35. The molecule has 2 aromatic rings. The molecule has 0 bridgehead atoms. The van der Waals surface area contributed by atoms with Crippen LogP contribution in [0.4, 0.5) is 0 Å². The molecule has 22 heavy (non-hydrogen) atoms. The van der Waals surface area contributed by atoms with Gasteiger partial charge in [0.2, 0.25) is 11.8 Å². The maximum Gasteiger partial charge on any atom is 0.247 e. The third-order valence-electron chi connectivity index (χ3n) is 3.93. The van der Waals surface area contributed by atoms with Crippen molar-refractivity contribution in [3.8, 4) is 11.5 Å². The van der Waals surface area contributed by atoms with Gasteiger partial charge in [-0.1, -0.05) is 32.9 Å². The van der Waals surface area contributed by atoms with Crippen LogP contribution in [0.3, 0.4) is 0 Å². The number of nitrogens with zero attached hydrogens (tertiary/aromatic N) is 3. The Morgan fingerprint density at radius 2 is 1.73 bits per heavy atom. The minimum Gasteiger partial charge on any atom is -0.419 e. The van der Waals surface area contributed by atoms with E-state index in [0.29, 0.717) is 18.3 Å². The lowest BCUT2D eigenvalue weighted by Gasteiger charge is -2.24. The van der Waals surface area contributed by atoms with E-state index < -0.39 is 0 Å². The molecule has 3 rings (SSSR count). The zero-order valence-electron chi connectivity index (χ0n) is 13.5. The molecule has 1 aliphatic heterocycles. The SMILES string of the molecule is CC(C)(C)c1ccc(-c2nnc(CN3CCOCC3)o2)cc1. The lowest BCUT2D eigenvalue weighted by atomic mass is 9.87. The summed E-state index contributed by atoms with van der Waals surface area (Å²) >= 11 is 0. The molecule has 0 radical (unpaired) electrons. The van der Waals surface area contributed by atoms with Gasteiger partial charge in [-0.05, 0) is 23.1 Å². The normalized spacial score (nSPS) is 16.9. The molecule has 1 aromatic heterocycles. The maximum absolute atomic E-state index is 5.79. The molecule has 0 aliphatic carbocycles. The van der Waals surface area contributed by atoms with Gasteiger partial charge < -0.3 is 9.15 Å². The highest BCUT2D eigenvalue weighted by Gasteiger charge is 2.17. The zero-order valence-corrected chi connectivity index (χ0v) is 13.5. The number of morpholine rings is 1. The first-order valence-electron chi connectivity index (χ1n) is 7.76. The summed E-state index contributed by atoms with van der Waals surface area (Å²) in [6, 6.07) is 8.35. The van der Waals surface area contributed by atoms with E-state index in [-0.39, 0.29) is 5.41 Å². The van der Waals surface area contributed by atoms with Crippen molar-refractivity contribution in [2.24, 2.45) is 0 Å². The largest absolute Gasteiger partial charge is 0.419 e. The standard InChI is InChI=1S/C17H23N3O2/c1-17(2,3)14-6-4-13(5-7-14)16-19-18-15(22-16)12-20-8-10-21-11-9-20/h4-7H,8-12H2,1-3H3. The summed E-state index contributed by atoms with van der Waals surface area (Å²) in [6.07, 6.45) is 0. The van der Waals surface area contributed by atoms with Crippen LogP contribution in [0.1, 0.15) is 32.2 Å². The number of rotatable bonds is 3. The second kappa shape index (κ2) is 6.18. The third-order valence-corrected chi connectivity index (χ3v) is 3.93. The van der Waals surface area contributed by atoms with Crippen LogP contribution in [0.2, 0.25) is 0 Å². The molecule has 0 atom stereocenters. The molecule has 1 saturated heterocycles. The van der Waals surface area contributed by atoms with E-state index in [4.69, 9.17) is 9.15 Å². The number of hydrogen-bond donors (Lipinski definition) is 0. The highest BCUT2D eigenvalue weighted by atomic mass is 16.5. The van der Waals surface area contributed by atoms with E-state index in [9.17, 15) is 0 Å². The Morgan fingerprint density at radius 1 is 1.05 bits per heavy atom. The van der Waals surface area contributed by atoms with Gasteiger partial charge in [-0.3, -0.25) is 4.90 Å². The van der Waals surface area contributed by atoms with E-state index in [0.717, 1.165) is 31.9 Å². The first kappa shape index (κ1) is 15.2. The molecule has 5 heteroatoms. The highest BCUT2D eigenvalue weighted by Crippen LogP contribution is 2.25. The van der Waals surface area contributed by atoms with Crippen molar-refractivity contribution >= 4 is 0 Å². The monoisotopic (exact) mass is 301 g/mol. The number of benzene rings is 1. The van der Waals surface area contributed by atoms with Gasteiger partial charge in [0, 0.05) is 18.7 Å². The Hall–Kier alpha value is -1.72. The third kappa shape index (κ3) is 3.54. The summed E-state index contributed by atoms with van der Waals surface area (Å²) in [6.45, 7) is 10.7. The molecular weight excluding hydrogens is 278 g/mol. The van der Waals surface area contributed by atoms with E-state index >= 15 is 0 Å². The van der Waals surface area contributed by atoms with Gasteiger partial charge >= 0.3 is 0 Å². The Balaban J connectivity index is 1.70.